The number of aromatic nitrogens is 1. The van der Waals surface area contributed by atoms with Gasteiger partial charge in [-0.05, 0) is 39.2 Å². The maximum atomic E-state index is 11.5. The van der Waals surface area contributed by atoms with Crippen molar-refractivity contribution >= 4 is 33.2 Å². The van der Waals surface area contributed by atoms with Crippen LogP contribution >= 0.6 is 0 Å². The van der Waals surface area contributed by atoms with Crippen LogP contribution in [-0.2, 0) is 0 Å². The van der Waals surface area contributed by atoms with Gasteiger partial charge in [-0.1, -0.05) is 24.3 Å². The number of nitrogens with one attached hydrogen (secondary N) is 1. The van der Waals surface area contributed by atoms with Gasteiger partial charge >= 0.3 is 0 Å². The lowest BCUT2D eigenvalue weighted by molar-refractivity contribution is -0.383. The molecule has 7 N–H and O–H groups in total. The Labute approximate surface area is 152 Å². The van der Waals surface area contributed by atoms with E-state index in [1.807, 2.05) is 44.4 Å². The van der Waals surface area contributed by atoms with Crippen molar-refractivity contribution in [2.75, 3.05) is 32.5 Å². The molecule has 0 saturated heterocycles. The smallest absolute Gasteiger partial charge is 0.280 e. The number of hydrogen-bond acceptors (Lipinski definition) is 7. The summed E-state index contributed by atoms with van der Waals surface area (Å²) in [6, 6.07) is 12.8. The van der Waals surface area contributed by atoms with E-state index in [0.29, 0.717) is 10.9 Å². The minimum Gasteiger partial charge on any atom is -0.384 e. The molecule has 1 heterocycles. The van der Waals surface area contributed by atoms with Crippen LogP contribution < -0.4 is 17.6 Å². The summed E-state index contributed by atoms with van der Waals surface area (Å²) in [5, 5.41) is 16.4. The molecular weight excluding hydrogens is 332 g/mol. The van der Waals surface area contributed by atoms with E-state index in [-0.39, 0.29) is 22.9 Å². The molecule has 0 amide bonds. The second-order valence-corrected chi connectivity index (χ2v) is 6.02. The number of benzene rings is 2. The van der Waals surface area contributed by atoms with Crippen molar-refractivity contribution in [1.82, 2.24) is 22.2 Å². The molecule has 0 aliphatic carbocycles. The zero-order valence-electron chi connectivity index (χ0n) is 15.2. The van der Waals surface area contributed by atoms with Crippen LogP contribution in [0.1, 0.15) is 6.42 Å². The Balaban J connectivity index is 0.00000169. The largest absolute Gasteiger partial charge is 0.384 e. The summed E-state index contributed by atoms with van der Waals surface area (Å²) in [6.45, 7) is 1.70. The van der Waals surface area contributed by atoms with E-state index in [1.54, 1.807) is 6.07 Å². The lowest BCUT2D eigenvalue weighted by atomic mass is 10.1. The number of nitro groups is 1. The summed E-state index contributed by atoms with van der Waals surface area (Å²) < 4.78 is 0. The minimum atomic E-state index is -0.343. The van der Waals surface area contributed by atoms with Crippen molar-refractivity contribution in [2.45, 2.75) is 6.42 Å². The van der Waals surface area contributed by atoms with Crippen LogP contribution in [0.2, 0.25) is 0 Å². The molecule has 3 rings (SSSR count). The molecule has 0 saturated carbocycles. The van der Waals surface area contributed by atoms with E-state index in [1.165, 1.54) is 6.07 Å². The van der Waals surface area contributed by atoms with Crippen LogP contribution in [0, 0.1) is 10.1 Å². The Morgan fingerprint density at radius 3 is 2.46 bits per heavy atom. The number of anilines is 1. The molecule has 1 aromatic heterocycles. The summed E-state index contributed by atoms with van der Waals surface area (Å²) in [4.78, 5) is 17.8. The number of fused-ring (bicyclic) bond motifs is 2. The molecule has 0 aliphatic heterocycles. The van der Waals surface area contributed by atoms with Gasteiger partial charge < -0.3 is 22.5 Å². The van der Waals surface area contributed by atoms with E-state index >= 15 is 0 Å². The van der Waals surface area contributed by atoms with Crippen molar-refractivity contribution in [2.24, 2.45) is 0 Å². The van der Waals surface area contributed by atoms with Gasteiger partial charge in [0.25, 0.3) is 5.69 Å². The van der Waals surface area contributed by atoms with E-state index in [4.69, 9.17) is 0 Å². The predicted molar refractivity (Wildman–Crippen MR) is 108 cm³/mol. The molecule has 0 radical (unpaired) electrons. The minimum absolute atomic E-state index is 0. The SMILES string of the molecule is CN(C)CCCNc1c2ccccc2nc2cccc([N+](=O)[O-])c12.N.N. The van der Waals surface area contributed by atoms with Crippen molar-refractivity contribution in [3.8, 4) is 0 Å². The number of hydrogen-bond donors (Lipinski definition) is 3. The first-order valence-electron chi connectivity index (χ1n) is 7.92. The van der Waals surface area contributed by atoms with Gasteiger partial charge in [0, 0.05) is 18.0 Å². The third-order valence-electron chi connectivity index (χ3n) is 3.97. The van der Waals surface area contributed by atoms with Crippen molar-refractivity contribution in [3.63, 3.8) is 0 Å². The van der Waals surface area contributed by atoms with Gasteiger partial charge in [0.15, 0.2) is 0 Å². The standard InChI is InChI=1S/C18H20N4O2.2H3N/c1-21(2)12-6-11-19-18-13-7-3-4-8-14(13)20-15-9-5-10-16(17(15)18)22(23)24;;/h3-5,7-10H,6,11-12H2,1-2H3,(H,19,20);2*1H3. The van der Waals surface area contributed by atoms with Crippen LogP contribution in [0.15, 0.2) is 42.5 Å². The third kappa shape index (κ3) is 4.23. The second-order valence-electron chi connectivity index (χ2n) is 6.02. The Bertz CT molecular complexity index is 897. The lowest BCUT2D eigenvalue weighted by Crippen LogP contribution is -2.16. The van der Waals surface area contributed by atoms with Crippen LogP contribution in [-0.4, -0.2) is 42.0 Å². The zero-order valence-corrected chi connectivity index (χ0v) is 15.2. The molecule has 26 heavy (non-hydrogen) atoms. The fourth-order valence-corrected chi connectivity index (χ4v) is 2.87. The highest BCUT2D eigenvalue weighted by Crippen LogP contribution is 2.36. The van der Waals surface area contributed by atoms with Crippen LogP contribution in [0.3, 0.4) is 0 Å². The van der Waals surface area contributed by atoms with Crippen LogP contribution in [0.5, 0.6) is 0 Å². The van der Waals surface area contributed by atoms with Gasteiger partial charge in [-0.2, -0.15) is 0 Å². The fourth-order valence-electron chi connectivity index (χ4n) is 2.87. The maximum Gasteiger partial charge on any atom is 0.280 e. The topological polar surface area (TPSA) is 141 Å². The monoisotopic (exact) mass is 358 g/mol. The molecular formula is C18H26N6O2. The van der Waals surface area contributed by atoms with E-state index in [2.05, 4.69) is 15.2 Å². The fraction of sp³-hybridized carbons (Fsp3) is 0.278. The van der Waals surface area contributed by atoms with Crippen molar-refractivity contribution in [3.05, 3.63) is 52.6 Å². The molecule has 0 fully saturated rings. The number of rotatable bonds is 6. The molecule has 0 atom stereocenters. The lowest BCUT2D eigenvalue weighted by Gasteiger charge is -2.14. The Morgan fingerprint density at radius 1 is 1.08 bits per heavy atom. The zero-order chi connectivity index (χ0) is 17.1. The second kappa shape index (κ2) is 9.04. The average molecular weight is 358 g/mol. The highest BCUT2D eigenvalue weighted by molar-refractivity contribution is 6.11. The third-order valence-corrected chi connectivity index (χ3v) is 3.97. The summed E-state index contributed by atoms with van der Waals surface area (Å²) in [6.07, 6.45) is 0.950. The molecule has 0 unspecified atom stereocenters. The number of non-ortho nitro benzene ring substituents is 1. The van der Waals surface area contributed by atoms with Crippen LogP contribution in [0.25, 0.3) is 21.8 Å². The number of pyridine rings is 1. The first kappa shape index (κ1) is 21.2. The van der Waals surface area contributed by atoms with Gasteiger partial charge in [0.2, 0.25) is 0 Å². The summed E-state index contributed by atoms with van der Waals surface area (Å²) in [7, 11) is 4.06. The molecule has 0 aliphatic rings. The Kier molecular flexibility index (Phi) is 7.39. The highest BCUT2D eigenvalue weighted by atomic mass is 16.6. The first-order chi connectivity index (χ1) is 11.6. The van der Waals surface area contributed by atoms with E-state index in [0.717, 1.165) is 36.1 Å². The van der Waals surface area contributed by atoms with Crippen LogP contribution in [0.4, 0.5) is 11.4 Å². The Hall–Kier alpha value is -2.81. The summed E-state index contributed by atoms with van der Waals surface area (Å²) >= 11 is 0. The van der Waals surface area contributed by atoms with Gasteiger partial charge in [0.1, 0.15) is 5.39 Å². The maximum absolute atomic E-state index is 11.5. The quantitative estimate of drug-likeness (QED) is 0.262. The molecule has 3 aromatic rings. The molecule has 8 nitrogen and oxygen atoms in total. The number of para-hydroxylation sites is 1. The molecule has 8 heteroatoms. The van der Waals surface area contributed by atoms with E-state index in [9.17, 15) is 10.1 Å². The number of nitrogens with zero attached hydrogens (tertiary/aromatic N) is 3. The van der Waals surface area contributed by atoms with Crippen molar-refractivity contribution < 1.29 is 4.92 Å². The Morgan fingerprint density at radius 2 is 1.77 bits per heavy atom. The van der Waals surface area contributed by atoms with Crippen molar-refractivity contribution in [1.29, 1.82) is 0 Å². The molecule has 0 spiro atoms. The average Bonchev–Trinajstić information content (AvgIpc) is 2.56. The summed E-state index contributed by atoms with van der Waals surface area (Å²) in [5.41, 5.74) is 2.35. The normalized spacial score (nSPS) is 10.4. The molecule has 2 aromatic carbocycles. The first-order valence-corrected chi connectivity index (χ1v) is 7.92. The van der Waals surface area contributed by atoms with Gasteiger partial charge in [0.05, 0.1) is 21.6 Å². The van der Waals surface area contributed by atoms with Gasteiger partial charge in [-0.25, -0.2) is 4.98 Å². The predicted octanol–water partition coefficient (Wildman–Crippen LogP) is 3.98. The highest BCUT2D eigenvalue weighted by Gasteiger charge is 2.18. The molecule has 140 valence electrons. The van der Waals surface area contributed by atoms with Gasteiger partial charge in [-0.15, -0.1) is 0 Å². The molecule has 0 bridgehead atoms. The number of nitro benzene ring substituents is 1. The van der Waals surface area contributed by atoms with Gasteiger partial charge in [-0.3, -0.25) is 10.1 Å². The summed E-state index contributed by atoms with van der Waals surface area (Å²) in [5.74, 6) is 0. The van der Waals surface area contributed by atoms with E-state index < -0.39 is 0 Å².